The third-order valence-electron chi connectivity index (χ3n) is 3.44. The van der Waals surface area contributed by atoms with Crippen LogP contribution in [0.2, 0.25) is 0 Å². The molecular weight excluding hydrogens is 240 g/mol. The van der Waals surface area contributed by atoms with Crippen molar-refractivity contribution in [3.05, 3.63) is 28.8 Å². The molecular formula is C15H16N2O2. The number of hydrogen-bond acceptors (Lipinski definition) is 3. The molecule has 0 spiro atoms. The van der Waals surface area contributed by atoms with E-state index >= 15 is 0 Å². The van der Waals surface area contributed by atoms with Crippen LogP contribution in [0.15, 0.2) is 12.1 Å². The molecule has 0 aromatic heterocycles. The lowest BCUT2D eigenvalue weighted by atomic mass is 10.0. The number of nitrogens with zero attached hydrogens (tertiary/aromatic N) is 2. The standard InChI is InChI=1S/C15H16N2O2/c1-10-6-7-11(2)13-12(10)14(18)15(19)17(13)9-5-3-4-8-16/h6-7H,3-5,9H2,1-2H3. The van der Waals surface area contributed by atoms with Crippen molar-refractivity contribution in [1.29, 1.82) is 5.26 Å². The van der Waals surface area contributed by atoms with E-state index in [1.54, 1.807) is 4.90 Å². The smallest absolute Gasteiger partial charge is 0.299 e. The number of unbranched alkanes of at least 4 members (excludes halogenated alkanes) is 2. The monoisotopic (exact) mass is 256 g/mol. The fourth-order valence-electron chi connectivity index (χ4n) is 2.45. The van der Waals surface area contributed by atoms with E-state index < -0.39 is 11.7 Å². The number of ketones is 1. The summed E-state index contributed by atoms with van der Waals surface area (Å²) in [6.07, 6.45) is 1.96. The zero-order chi connectivity index (χ0) is 14.0. The molecule has 0 N–H and O–H groups in total. The fourth-order valence-corrected chi connectivity index (χ4v) is 2.45. The van der Waals surface area contributed by atoms with Crippen LogP contribution in [0.5, 0.6) is 0 Å². The van der Waals surface area contributed by atoms with Crippen molar-refractivity contribution in [1.82, 2.24) is 0 Å². The maximum atomic E-state index is 12.0. The number of nitriles is 1. The van der Waals surface area contributed by atoms with Crippen molar-refractivity contribution in [3.8, 4) is 6.07 Å². The van der Waals surface area contributed by atoms with Gasteiger partial charge >= 0.3 is 0 Å². The summed E-state index contributed by atoms with van der Waals surface area (Å²) in [5.41, 5.74) is 3.09. The summed E-state index contributed by atoms with van der Waals surface area (Å²) in [5.74, 6) is -0.846. The molecule has 0 fully saturated rings. The van der Waals surface area contributed by atoms with Gasteiger partial charge in [-0.05, 0) is 37.8 Å². The molecule has 0 atom stereocenters. The molecule has 0 unspecified atom stereocenters. The van der Waals surface area contributed by atoms with Gasteiger partial charge in [0, 0.05) is 13.0 Å². The van der Waals surface area contributed by atoms with Crippen LogP contribution in [0.25, 0.3) is 0 Å². The van der Waals surface area contributed by atoms with Gasteiger partial charge in [0.2, 0.25) is 0 Å². The van der Waals surface area contributed by atoms with E-state index in [1.165, 1.54) is 0 Å². The summed E-state index contributed by atoms with van der Waals surface area (Å²) >= 11 is 0. The van der Waals surface area contributed by atoms with E-state index in [0.29, 0.717) is 18.5 Å². The molecule has 4 nitrogen and oxygen atoms in total. The van der Waals surface area contributed by atoms with Crippen LogP contribution in [0.3, 0.4) is 0 Å². The highest BCUT2D eigenvalue weighted by atomic mass is 16.2. The number of hydrogen-bond donors (Lipinski definition) is 0. The van der Waals surface area contributed by atoms with Gasteiger partial charge < -0.3 is 4.90 Å². The number of carbonyl (C=O) groups excluding carboxylic acids is 2. The molecule has 2 rings (SSSR count). The lowest BCUT2D eigenvalue weighted by Gasteiger charge is -2.18. The van der Waals surface area contributed by atoms with Gasteiger partial charge in [-0.15, -0.1) is 0 Å². The SMILES string of the molecule is Cc1ccc(C)c2c1C(=O)C(=O)N2CCCCC#N. The van der Waals surface area contributed by atoms with Gasteiger partial charge in [-0.2, -0.15) is 5.26 Å². The predicted molar refractivity (Wildman–Crippen MR) is 72.1 cm³/mol. The van der Waals surface area contributed by atoms with Crippen LogP contribution >= 0.6 is 0 Å². The van der Waals surface area contributed by atoms with Gasteiger partial charge in [-0.1, -0.05) is 12.1 Å². The highest BCUT2D eigenvalue weighted by Crippen LogP contribution is 2.34. The summed E-state index contributed by atoms with van der Waals surface area (Å²) in [6.45, 7) is 4.26. The number of amides is 1. The summed E-state index contributed by atoms with van der Waals surface area (Å²) < 4.78 is 0. The van der Waals surface area contributed by atoms with E-state index in [9.17, 15) is 9.59 Å². The maximum absolute atomic E-state index is 12.0. The molecule has 0 saturated carbocycles. The normalized spacial score (nSPS) is 13.6. The van der Waals surface area contributed by atoms with Gasteiger partial charge in [0.15, 0.2) is 0 Å². The summed E-state index contributed by atoms with van der Waals surface area (Å²) in [4.78, 5) is 25.6. The summed E-state index contributed by atoms with van der Waals surface area (Å²) in [5, 5.41) is 8.51. The minimum absolute atomic E-state index is 0.406. The molecule has 1 aliphatic heterocycles. The molecule has 1 aliphatic rings. The highest BCUT2D eigenvalue weighted by Gasteiger charge is 2.37. The molecule has 1 amide bonds. The number of Topliss-reactive ketones (excluding diaryl/α,β-unsaturated/α-hetero) is 1. The number of carbonyl (C=O) groups is 2. The largest absolute Gasteiger partial charge is 0.304 e. The minimum atomic E-state index is -0.440. The predicted octanol–water partition coefficient (Wildman–Crippen LogP) is 2.53. The van der Waals surface area contributed by atoms with Crippen LogP contribution in [0, 0.1) is 25.2 Å². The quantitative estimate of drug-likeness (QED) is 0.614. The number of fused-ring (bicyclic) bond motifs is 1. The lowest BCUT2D eigenvalue weighted by Crippen LogP contribution is -2.31. The van der Waals surface area contributed by atoms with Gasteiger partial charge in [0.1, 0.15) is 0 Å². The number of anilines is 1. The van der Waals surface area contributed by atoms with Gasteiger partial charge in [0.25, 0.3) is 11.7 Å². The van der Waals surface area contributed by atoms with E-state index in [4.69, 9.17) is 5.26 Å². The Kier molecular flexibility index (Phi) is 3.66. The van der Waals surface area contributed by atoms with Gasteiger partial charge in [-0.3, -0.25) is 9.59 Å². The first-order valence-electron chi connectivity index (χ1n) is 6.41. The molecule has 0 bridgehead atoms. The molecule has 19 heavy (non-hydrogen) atoms. The van der Waals surface area contributed by atoms with Crippen molar-refractivity contribution in [2.75, 3.05) is 11.4 Å². The van der Waals surface area contributed by atoms with E-state index in [1.807, 2.05) is 26.0 Å². The van der Waals surface area contributed by atoms with Crippen LogP contribution in [0.1, 0.15) is 40.7 Å². The molecule has 98 valence electrons. The first-order valence-corrected chi connectivity index (χ1v) is 6.41. The topological polar surface area (TPSA) is 61.2 Å². The first kappa shape index (κ1) is 13.3. The molecule has 4 heteroatoms. The number of rotatable bonds is 4. The van der Waals surface area contributed by atoms with Crippen molar-refractivity contribution < 1.29 is 9.59 Å². The zero-order valence-corrected chi connectivity index (χ0v) is 11.2. The van der Waals surface area contributed by atoms with Crippen molar-refractivity contribution in [2.24, 2.45) is 0 Å². The minimum Gasteiger partial charge on any atom is -0.304 e. The third-order valence-corrected chi connectivity index (χ3v) is 3.44. The first-order chi connectivity index (χ1) is 9.07. The van der Waals surface area contributed by atoms with Crippen molar-refractivity contribution in [3.63, 3.8) is 0 Å². The van der Waals surface area contributed by atoms with Gasteiger partial charge in [0.05, 0.1) is 17.3 Å². The number of aryl methyl sites for hydroxylation is 2. The Morgan fingerprint density at radius 3 is 2.53 bits per heavy atom. The fraction of sp³-hybridized carbons (Fsp3) is 0.400. The zero-order valence-electron chi connectivity index (χ0n) is 11.2. The third kappa shape index (κ3) is 2.24. The van der Waals surface area contributed by atoms with Crippen molar-refractivity contribution >= 4 is 17.4 Å². The lowest BCUT2D eigenvalue weighted by molar-refractivity contribution is -0.114. The van der Waals surface area contributed by atoms with Crippen molar-refractivity contribution in [2.45, 2.75) is 33.1 Å². The summed E-state index contributed by atoms with van der Waals surface area (Å²) in [6, 6.07) is 5.89. The Balaban J connectivity index is 2.29. The molecule has 0 saturated heterocycles. The molecule has 1 heterocycles. The van der Waals surface area contributed by atoms with E-state index in [-0.39, 0.29) is 0 Å². The van der Waals surface area contributed by atoms with E-state index in [2.05, 4.69) is 6.07 Å². The Morgan fingerprint density at radius 1 is 1.16 bits per heavy atom. The second kappa shape index (κ2) is 5.23. The Labute approximate surface area is 112 Å². The Morgan fingerprint density at radius 2 is 1.84 bits per heavy atom. The van der Waals surface area contributed by atoms with Crippen LogP contribution in [-0.2, 0) is 4.79 Å². The molecule has 1 aromatic carbocycles. The van der Waals surface area contributed by atoms with Crippen LogP contribution in [0.4, 0.5) is 5.69 Å². The second-order valence-corrected chi connectivity index (χ2v) is 4.82. The number of benzene rings is 1. The van der Waals surface area contributed by atoms with Crippen LogP contribution in [-0.4, -0.2) is 18.2 Å². The summed E-state index contributed by atoms with van der Waals surface area (Å²) in [7, 11) is 0. The molecule has 1 aromatic rings. The molecule has 0 radical (unpaired) electrons. The highest BCUT2D eigenvalue weighted by molar-refractivity contribution is 6.52. The average molecular weight is 256 g/mol. The Hall–Kier alpha value is -2.15. The van der Waals surface area contributed by atoms with Gasteiger partial charge in [-0.25, -0.2) is 0 Å². The molecule has 0 aliphatic carbocycles. The Bertz CT molecular complexity index is 585. The maximum Gasteiger partial charge on any atom is 0.299 e. The average Bonchev–Trinajstić information content (AvgIpc) is 2.65. The second-order valence-electron chi connectivity index (χ2n) is 4.82. The van der Waals surface area contributed by atoms with E-state index in [0.717, 1.165) is 29.7 Å². The van der Waals surface area contributed by atoms with Crippen LogP contribution < -0.4 is 4.90 Å².